The van der Waals surface area contributed by atoms with Crippen LogP contribution in [0.4, 0.5) is 8.78 Å². The maximum absolute atomic E-state index is 12.9. The summed E-state index contributed by atoms with van der Waals surface area (Å²) in [5.74, 6) is -0.567. The van der Waals surface area contributed by atoms with E-state index < -0.39 is 18.0 Å². The maximum atomic E-state index is 12.9. The minimum absolute atomic E-state index is 0.151. The van der Waals surface area contributed by atoms with E-state index in [1.807, 2.05) is 0 Å². The lowest BCUT2D eigenvalue weighted by Crippen LogP contribution is -2.11. The van der Waals surface area contributed by atoms with Gasteiger partial charge in [-0.1, -0.05) is 27.5 Å². The van der Waals surface area contributed by atoms with Gasteiger partial charge in [0.05, 0.1) is 24.3 Å². The molecule has 1 heterocycles. The Bertz CT molecular complexity index is 443. The summed E-state index contributed by atoms with van der Waals surface area (Å²) in [6.45, 7) is 1.85. The molecule has 0 saturated carbocycles. The smallest absolute Gasteiger partial charge is 0.310 e. The molecule has 0 atom stereocenters. The molecule has 0 aliphatic rings. The zero-order valence-electron chi connectivity index (χ0n) is 9.55. The number of rotatable bonds is 5. The highest BCUT2D eigenvalue weighted by Crippen LogP contribution is 2.30. The molecule has 100 valence electrons. The van der Waals surface area contributed by atoms with Gasteiger partial charge in [0.1, 0.15) is 5.15 Å². The molecule has 0 bridgehead atoms. The summed E-state index contributed by atoms with van der Waals surface area (Å²) in [6.07, 6.45) is -3.02. The van der Waals surface area contributed by atoms with E-state index in [4.69, 9.17) is 16.3 Å². The quantitative estimate of drug-likeness (QED) is 0.465. The molecule has 18 heavy (non-hydrogen) atoms. The van der Waals surface area contributed by atoms with Gasteiger partial charge in [0, 0.05) is 5.33 Å². The first kappa shape index (κ1) is 15.3. The Morgan fingerprint density at radius 2 is 2.28 bits per heavy atom. The van der Waals surface area contributed by atoms with E-state index >= 15 is 0 Å². The number of halogens is 4. The number of aromatic nitrogens is 1. The van der Waals surface area contributed by atoms with Gasteiger partial charge < -0.3 is 4.74 Å². The van der Waals surface area contributed by atoms with Crippen LogP contribution in [0.5, 0.6) is 0 Å². The fraction of sp³-hybridized carbons (Fsp3) is 0.455. The van der Waals surface area contributed by atoms with Crippen molar-refractivity contribution in [3.63, 3.8) is 0 Å². The highest BCUT2D eigenvalue weighted by atomic mass is 79.9. The van der Waals surface area contributed by atoms with Gasteiger partial charge >= 0.3 is 5.97 Å². The Morgan fingerprint density at radius 1 is 1.61 bits per heavy atom. The van der Waals surface area contributed by atoms with E-state index in [0.29, 0.717) is 11.0 Å². The van der Waals surface area contributed by atoms with Crippen molar-refractivity contribution in [3.05, 3.63) is 28.0 Å². The second-order valence-corrected chi connectivity index (χ2v) is 4.31. The molecule has 0 aromatic carbocycles. The van der Waals surface area contributed by atoms with Crippen molar-refractivity contribution in [2.24, 2.45) is 0 Å². The summed E-state index contributed by atoms with van der Waals surface area (Å²) in [5.41, 5.74) is 0.232. The fourth-order valence-electron chi connectivity index (χ4n) is 1.44. The summed E-state index contributed by atoms with van der Waals surface area (Å²) < 4.78 is 30.5. The predicted molar refractivity (Wildman–Crippen MR) is 67.2 cm³/mol. The first-order valence-electron chi connectivity index (χ1n) is 5.17. The van der Waals surface area contributed by atoms with Crippen molar-refractivity contribution >= 4 is 33.5 Å². The lowest BCUT2D eigenvalue weighted by molar-refractivity contribution is -0.142. The highest BCUT2D eigenvalue weighted by Gasteiger charge is 2.21. The molecule has 0 N–H and O–H groups in total. The lowest BCUT2D eigenvalue weighted by Gasteiger charge is -2.11. The number of nitrogens with zero attached hydrogens (tertiary/aromatic N) is 1. The van der Waals surface area contributed by atoms with Crippen molar-refractivity contribution in [1.29, 1.82) is 0 Å². The van der Waals surface area contributed by atoms with Crippen molar-refractivity contribution < 1.29 is 18.3 Å². The van der Waals surface area contributed by atoms with E-state index in [9.17, 15) is 13.6 Å². The normalized spacial score (nSPS) is 10.8. The van der Waals surface area contributed by atoms with E-state index in [2.05, 4.69) is 20.9 Å². The van der Waals surface area contributed by atoms with Gasteiger partial charge in [-0.15, -0.1) is 0 Å². The fourth-order valence-corrected chi connectivity index (χ4v) is 2.04. The van der Waals surface area contributed by atoms with Crippen LogP contribution >= 0.6 is 27.5 Å². The first-order chi connectivity index (χ1) is 8.49. The molecule has 0 fully saturated rings. The third kappa shape index (κ3) is 3.88. The number of ether oxygens (including phenoxy) is 1. The molecule has 0 spiro atoms. The topological polar surface area (TPSA) is 39.2 Å². The largest absolute Gasteiger partial charge is 0.466 e. The SMILES string of the molecule is CCOC(=O)Cc1cc(CBr)nc(Cl)c1C(F)F. The van der Waals surface area contributed by atoms with Crippen LogP contribution in [0.25, 0.3) is 0 Å². The number of esters is 1. The molecule has 1 aromatic rings. The number of hydrogen-bond donors (Lipinski definition) is 0. The molecule has 0 radical (unpaired) electrons. The zero-order chi connectivity index (χ0) is 13.7. The summed E-state index contributed by atoms with van der Waals surface area (Å²) in [7, 11) is 0. The molecule has 3 nitrogen and oxygen atoms in total. The molecule has 0 aliphatic carbocycles. The monoisotopic (exact) mass is 341 g/mol. The molecule has 0 saturated heterocycles. The number of pyridine rings is 1. The predicted octanol–water partition coefficient (Wildman–Crippen LogP) is 3.67. The number of alkyl halides is 3. The highest BCUT2D eigenvalue weighted by molar-refractivity contribution is 9.08. The molecule has 1 aromatic heterocycles. The molecular formula is C11H11BrClF2NO2. The van der Waals surface area contributed by atoms with Crippen LogP contribution in [0.15, 0.2) is 6.07 Å². The molecule has 0 unspecified atom stereocenters. The number of hydrogen-bond acceptors (Lipinski definition) is 3. The van der Waals surface area contributed by atoms with Gasteiger partial charge in [0.25, 0.3) is 6.43 Å². The van der Waals surface area contributed by atoms with E-state index in [-0.39, 0.29) is 23.7 Å². The van der Waals surface area contributed by atoms with Gasteiger partial charge in [-0.2, -0.15) is 0 Å². The lowest BCUT2D eigenvalue weighted by atomic mass is 10.1. The minimum Gasteiger partial charge on any atom is -0.466 e. The average molecular weight is 343 g/mol. The van der Waals surface area contributed by atoms with Gasteiger partial charge in [-0.05, 0) is 18.6 Å². The summed E-state index contributed by atoms with van der Waals surface area (Å²) in [6, 6.07) is 1.43. The Morgan fingerprint density at radius 3 is 2.78 bits per heavy atom. The van der Waals surface area contributed by atoms with Crippen LogP contribution < -0.4 is 0 Å². The van der Waals surface area contributed by atoms with Crippen LogP contribution in [0.1, 0.15) is 30.2 Å². The van der Waals surface area contributed by atoms with Gasteiger partial charge in [-0.25, -0.2) is 13.8 Å². The Balaban J connectivity index is 3.13. The molecule has 0 amide bonds. The maximum Gasteiger partial charge on any atom is 0.310 e. The third-order valence-corrected chi connectivity index (χ3v) is 3.01. The number of carbonyl (C=O) groups is 1. The van der Waals surface area contributed by atoms with Crippen molar-refractivity contribution in [1.82, 2.24) is 4.98 Å². The van der Waals surface area contributed by atoms with E-state index in [1.54, 1.807) is 6.92 Å². The van der Waals surface area contributed by atoms with Crippen LogP contribution in [-0.2, 0) is 21.3 Å². The first-order valence-corrected chi connectivity index (χ1v) is 6.67. The third-order valence-electron chi connectivity index (χ3n) is 2.15. The molecule has 1 rings (SSSR count). The molecular weight excluding hydrogens is 331 g/mol. The second kappa shape index (κ2) is 6.99. The minimum atomic E-state index is -2.78. The van der Waals surface area contributed by atoms with E-state index in [1.165, 1.54) is 6.07 Å². The summed E-state index contributed by atoms with van der Waals surface area (Å²) in [4.78, 5) is 15.2. The molecule has 7 heteroatoms. The van der Waals surface area contributed by atoms with Crippen LogP contribution in [0.3, 0.4) is 0 Å². The van der Waals surface area contributed by atoms with Crippen LogP contribution in [0.2, 0.25) is 5.15 Å². The Labute approximate surface area is 117 Å². The zero-order valence-corrected chi connectivity index (χ0v) is 11.9. The summed E-state index contributed by atoms with van der Waals surface area (Å²) in [5, 5.41) is 0.0905. The Hall–Kier alpha value is -0.750. The number of carbonyl (C=O) groups excluding carboxylic acids is 1. The van der Waals surface area contributed by atoms with Crippen molar-refractivity contribution in [3.8, 4) is 0 Å². The average Bonchev–Trinajstić information content (AvgIpc) is 2.27. The van der Waals surface area contributed by atoms with Crippen LogP contribution in [0, 0.1) is 0 Å². The van der Waals surface area contributed by atoms with Crippen LogP contribution in [-0.4, -0.2) is 17.6 Å². The Kier molecular flexibility index (Phi) is 5.95. The van der Waals surface area contributed by atoms with Gasteiger partial charge in [-0.3, -0.25) is 4.79 Å². The van der Waals surface area contributed by atoms with Gasteiger partial charge in [0.2, 0.25) is 0 Å². The van der Waals surface area contributed by atoms with Crippen molar-refractivity contribution in [2.45, 2.75) is 25.1 Å². The second-order valence-electron chi connectivity index (χ2n) is 3.39. The molecule has 0 aliphatic heterocycles. The summed E-state index contributed by atoms with van der Waals surface area (Å²) >= 11 is 8.86. The van der Waals surface area contributed by atoms with Crippen molar-refractivity contribution in [2.75, 3.05) is 6.61 Å². The van der Waals surface area contributed by atoms with E-state index in [0.717, 1.165) is 0 Å². The standard InChI is InChI=1S/C11H11BrClF2NO2/c1-2-18-8(17)4-6-3-7(5-12)16-10(13)9(6)11(14)15/h3,11H,2,4-5H2,1H3. The van der Waals surface area contributed by atoms with Gasteiger partial charge in [0.15, 0.2) is 0 Å².